The summed E-state index contributed by atoms with van der Waals surface area (Å²) in [6.07, 6.45) is -1.55. The predicted octanol–water partition coefficient (Wildman–Crippen LogP) is 1.46. The standard InChI is InChI=1S/C25H27N3O8/c1-14(23(32)28-20(24(33)34)10-11-22(30)31)27-21(29)12-26-25(35)36-13-19-17-8-4-2-6-15(17)16-7-3-5-9-18(16)19/h2-9,14,19-20H,10-13H2,1H3,(H,26,35)(H,27,29)(H,28,32)(H,30,31)(H,33,34)/t14-,20-/m0/s1. The van der Waals surface area contributed by atoms with Crippen LogP contribution in [0, 0.1) is 0 Å². The zero-order valence-electron chi connectivity index (χ0n) is 19.5. The Morgan fingerprint density at radius 3 is 2.06 bits per heavy atom. The maximum atomic E-state index is 12.2. The molecule has 3 rings (SSSR count). The van der Waals surface area contributed by atoms with Crippen molar-refractivity contribution >= 4 is 29.8 Å². The molecule has 0 fully saturated rings. The average molecular weight is 498 g/mol. The number of benzene rings is 2. The molecule has 36 heavy (non-hydrogen) atoms. The minimum absolute atomic E-state index is 0.0766. The van der Waals surface area contributed by atoms with E-state index < -0.39 is 54.9 Å². The number of carbonyl (C=O) groups is 5. The molecule has 0 aliphatic heterocycles. The molecule has 0 spiro atoms. The van der Waals surface area contributed by atoms with Crippen LogP contribution in [0.1, 0.15) is 36.8 Å². The molecule has 0 radical (unpaired) electrons. The second kappa shape index (κ2) is 11.8. The lowest BCUT2D eigenvalue weighted by Crippen LogP contribution is -2.52. The molecule has 3 amide bonds. The summed E-state index contributed by atoms with van der Waals surface area (Å²) in [5, 5.41) is 24.7. The molecule has 1 aliphatic carbocycles. The normalized spacial score (nSPS) is 13.5. The largest absolute Gasteiger partial charge is 0.481 e. The van der Waals surface area contributed by atoms with Crippen molar-refractivity contribution in [1.82, 2.24) is 16.0 Å². The van der Waals surface area contributed by atoms with Crippen molar-refractivity contribution in [2.75, 3.05) is 13.2 Å². The van der Waals surface area contributed by atoms with Gasteiger partial charge in [-0.1, -0.05) is 48.5 Å². The summed E-state index contributed by atoms with van der Waals surface area (Å²) in [6.45, 7) is 0.944. The van der Waals surface area contributed by atoms with Crippen molar-refractivity contribution in [2.45, 2.75) is 37.8 Å². The Kier molecular flexibility index (Phi) is 8.61. The van der Waals surface area contributed by atoms with Crippen LogP contribution in [0.25, 0.3) is 11.1 Å². The van der Waals surface area contributed by atoms with Crippen LogP contribution in [0.3, 0.4) is 0 Å². The van der Waals surface area contributed by atoms with E-state index in [-0.39, 0.29) is 18.9 Å². The molecule has 0 heterocycles. The molecule has 11 nitrogen and oxygen atoms in total. The number of fused-ring (bicyclic) bond motifs is 3. The molecule has 0 unspecified atom stereocenters. The zero-order valence-corrected chi connectivity index (χ0v) is 19.5. The third-order valence-corrected chi connectivity index (χ3v) is 5.77. The summed E-state index contributed by atoms with van der Waals surface area (Å²) in [6, 6.07) is 13.2. The van der Waals surface area contributed by atoms with Gasteiger partial charge in [0.25, 0.3) is 0 Å². The van der Waals surface area contributed by atoms with Gasteiger partial charge in [0.05, 0.1) is 0 Å². The number of carboxylic acid groups (broad SMARTS) is 2. The van der Waals surface area contributed by atoms with Crippen molar-refractivity contribution in [1.29, 1.82) is 0 Å². The van der Waals surface area contributed by atoms with Gasteiger partial charge in [0, 0.05) is 12.3 Å². The lowest BCUT2D eigenvalue weighted by atomic mass is 9.98. The Morgan fingerprint density at radius 1 is 0.917 bits per heavy atom. The first kappa shape index (κ1) is 26.2. The third kappa shape index (κ3) is 6.59. The van der Waals surface area contributed by atoms with Crippen LogP contribution >= 0.6 is 0 Å². The Bertz CT molecular complexity index is 1120. The number of aliphatic carboxylic acids is 2. The Balaban J connectivity index is 1.45. The van der Waals surface area contributed by atoms with E-state index in [1.165, 1.54) is 6.92 Å². The summed E-state index contributed by atoms with van der Waals surface area (Å²) < 4.78 is 5.35. The summed E-state index contributed by atoms with van der Waals surface area (Å²) in [5.41, 5.74) is 4.27. The van der Waals surface area contributed by atoms with E-state index in [2.05, 4.69) is 16.0 Å². The molecule has 5 N–H and O–H groups in total. The molecule has 1 aliphatic rings. The number of carbonyl (C=O) groups excluding carboxylic acids is 3. The van der Waals surface area contributed by atoms with Crippen LogP contribution in [-0.2, 0) is 23.9 Å². The van der Waals surface area contributed by atoms with Crippen LogP contribution in [0.2, 0.25) is 0 Å². The molecule has 190 valence electrons. The van der Waals surface area contributed by atoms with Gasteiger partial charge in [-0.05, 0) is 35.6 Å². The van der Waals surface area contributed by atoms with Gasteiger partial charge in [-0.3, -0.25) is 14.4 Å². The highest BCUT2D eigenvalue weighted by atomic mass is 16.5. The van der Waals surface area contributed by atoms with Gasteiger partial charge in [0.1, 0.15) is 25.2 Å². The summed E-state index contributed by atoms with van der Waals surface area (Å²) in [5.74, 6) is -4.22. The number of carboxylic acids is 2. The van der Waals surface area contributed by atoms with Crippen molar-refractivity contribution in [2.24, 2.45) is 0 Å². The van der Waals surface area contributed by atoms with E-state index in [0.29, 0.717) is 0 Å². The summed E-state index contributed by atoms with van der Waals surface area (Å²) in [7, 11) is 0. The topological polar surface area (TPSA) is 171 Å². The lowest BCUT2D eigenvalue weighted by Gasteiger charge is -2.18. The van der Waals surface area contributed by atoms with Crippen molar-refractivity contribution in [3.63, 3.8) is 0 Å². The number of nitrogens with one attached hydrogen (secondary N) is 3. The van der Waals surface area contributed by atoms with E-state index >= 15 is 0 Å². The first-order valence-corrected chi connectivity index (χ1v) is 11.3. The van der Waals surface area contributed by atoms with E-state index in [4.69, 9.17) is 14.9 Å². The average Bonchev–Trinajstić information content (AvgIpc) is 3.17. The van der Waals surface area contributed by atoms with Gasteiger partial charge in [-0.2, -0.15) is 0 Å². The second-order valence-corrected chi connectivity index (χ2v) is 8.30. The van der Waals surface area contributed by atoms with Crippen LogP contribution in [0.5, 0.6) is 0 Å². The monoisotopic (exact) mass is 497 g/mol. The minimum atomic E-state index is -1.41. The van der Waals surface area contributed by atoms with E-state index in [1.54, 1.807) is 0 Å². The second-order valence-electron chi connectivity index (χ2n) is 8.30. The van der Waals surface area contributed by atoms with E-state index in [1.807, 2.05) is 48.5 Å². The van der Waals surface area contributed by atoms with Gasteiger partial charge in [0.15, 0.2) is 0 Å². The number of amides is 3. The third-order valence-electron chi connectivity index (χ3n) is 5.77. The number of alkyl carbamates (subject to hydrolysis) is 1. The minimum Gasteiger partial charge on any atom is -0.481 e. The zero-order chi connectivity index (χ0) is 26.2. The molecular formula is C25H27N3O8. The van der Waals surface area contributed by atoms with Crippen LogP contribution < -0.4 is 16.0 Å². The smallest absolute Gasteiger partial charge is 0.407 e. The Morgan fingerprint density at radius 2 is 1.50 bits per heavy atom. The first-order chi connectivity index (χ1) is 17.2. The Hall–Kier alpha value is -4.41. The van der Waals surface area contributed by atoms with Gasteiger partial charge in [0.2, 0.25) is 11.8 Å². The fraction of sp³-hybridized carbons (Fsp3) is 0.320. The van der Waals surface area contributed by atoms with Crippen molar-refractivity contribution in [3.05, 3.63) is 59.7 Å². The van der Waals surface area contributed by atoms with E-state index in [9.17, 15) is 24.0 Å². The highest BCUT2D eigenvalue weighted by molar-refractivity contribution is 5.91. The van der Waals surface area contributed by atoms with Crippen LogP contribution in [0.15, 0.2) is 48.5 Å². The van der Waals surface area contributed by atoms with Gasteiger partial charge < -0.3 is 30.9 Å². The predicted molar refractivity (Wildman–Crippen MR) is 127 cm³/mol. The summed E-state index contributed by atoms with van der Waals surface area (Å²) in [4.78, 5) is 58.3. The fourth-order valence-corrected chi connectivity index (χ4v) is 3.98. The van der Waals surface area contributed by atoms with Crippen molar-refractivity contribution < 1.29 is 38.9 Å². The molecule has 2 atom stereocenters. The summed E-state index contributed by atoms with van der Waals surface area (Å²) >= 11 is 0. The fourth-order valence-electron chi connectivity index (χ4n) is 3.98. The number of rotatable bonds is 11. The van der Waals surface area contributed by atoms with Crippen LogP contribution in [-0.4, -0.2) is 65.3 Å². The van der Waals surface area contributed by atoms with Gasteiger partial charge in [-0.25, -0.2) is 9.59 Å². The lowest BCUT2D eigenvalue weighted by molar-refractivity contribution is -0.143. The van der Waals surface area contributed by atoms with E-state index in [0.717, 1.165) is 22.3 Å². The molecule has 0 aromatic heterocycles. The van der Waals surface area contributed by atoms with Gasteiger partial charge in [-0.15, -0.1) is 0 Å². The SMILES string of the molecule is C[C@H](NC(=O)CNC(=O)OCC1c2ccccc2-c2ccccc21)C(=O)N[C@@H](CCC(=O)O)C(=O)O. The first-order valence-electron chi connectivity index (χ1n) is 11.3. The van der Waals surface area contributed by atoms with Crippen molar-refractivity contribution in [3.8, 4) is 11.1 Å². The maximum Gasteiger partial charge on any atom is 0.407 e. The number of ether oxygens (including phenoxy) is 1. The Labute approximate surface area is 206 Å². The molecule has 0 saturated heterocycles. The molecule has 0 bridgehead atoms. The molecule has 2 aromatic rings. The van der Waals surface area contributed by atoms with Crippen LogP contribution in [0.4, 0.5) is 4.79 Å². The molecule has 2 aromatic carbocycles. The number of hydrogen-bond donors (Lipinski definition) is 5. The van der Waals surface area contributed by atoms with Gasteiger partial charge >= 0.3 is 18.0 Å². The molecular weight excluding hydrogens is 470 g/mol. The maximum absolute atomic E-state index is 12.2. The number of hydrogen-bond acceptors (Lipinski definition) is 6. The molecule has 0 saturated carbocycles. The highest BCUT2D eigenvalue weighted by Crippen LogP contribution is 2.44. The quantitative estimate of drug-likeness (QED) is 0.310. The highest BCUT2D eigenvalue weighted by Gasteiger charge is 2.29. The molecule has 11 heteroatoms.